The van der Waals surface area contributed by atoms with Gasteiger partial charge in [-0.15, -0.1) is 0 Å². The second kappa shape index (κ2) is 7.07. The van der Waals surface area contributed by atoms with Gasteiger partial charge in [0, 0.05) is 21.6 Å². The minimum atomic E-state index is -0.0414. The molecular weight excluding hydrogens is 304 g/mol. The summed E-state index contributed by atoms with van der Waals surface area (Å²) in [7, 11) is 0. The minimum absolute atomic E-state index is 0.0325. The molecule has 0 aliphatic heterocycles. The number of carbonyl (C=O) groups is 2. The molecule has 0 spiro atoms. The Labute approximate surface area is 139 Å². The minimum Gasteiger partial charge on any atom is -0.289 e. The van der Waals surface area contributed by atoms with Crippen LogP contribution >= 0.6 is 11.8 Å². The Bertz CT molecular complexity index is 809. The summed E-state index contributed by atoms with van der Waals surface area (Å²) in [4.78, 5) is 25.5. The lowest BCUT2D eigenvalue weighted by molar-refractivity contribution is 0.103. The van der Waals surface area contributed by atoms with Crippen LogP contribution in [0.1, 0.15) is 26.3 Å². The van der Waals surface area contributed by atoms with Crippen LogP contribution in [0.2, 0.25) is 0 Å². The van der Waals surface area contributed by atoms with Crippen LogP contribution < -0.4 is 0 Å². The third kappa shape index (κ3) is 3.76. The van der Waals surface area contributed by atoms with Gasteiger partial charge in [-0.1, -0.05) is 60.7 Å². The molecular formula is C20H14O2S. The molecule has 3 aromatic carbocycles. The van der Waals surface area contributed by atoms with Crippen molar-refractivity contribution in [3.63, 3.8) is 0 Å². The fourth-order valence-electron chi connectivity index (χ4n) is 2.17. The number of hydrogen-bond donors (Lipinski definition) is 0. The summed E-state index contributed by atoms with van der Waals surface area (Å²) in [5.41, 5.74) is 1.81. The fourth-order valence-corrected chi connectivity index (χ4v) is 2.93. The summed E-state index contributed by atoms with van der Waals surface area (Å²) in [5.74, 6) is -0.0414. The van der Waals surface area contributed by atoms with Crippen LogP contribution in [0.3, 0.4) is 0 Å². The first kappa shape index (κ1) is 15.3. The molecule has 0 saturated carbocycles. The molecule has 3 aromatic rings. The number of hydrogen-bond acceptors (Lipinski definition) is 3. The van der Waals surface area contributed by atoms with Crippen molar-refractivity contribution in [1.29, 1.82) is 0 Å². The molecule has 2 nitrogen and oxygen atoms in total. The number of benzene rings is 3. The fraction of sp³-hybridized carbons (Fsp3) is 0. The third-order valence-electron chi connectivity index (χ3n) is 3.37. The molecule has 0 bridgehead atoms. The van der Waals surface area contributed by atoms with Gasteiger partial charge in [-0.2, -0.15) is 0 Å². The number of rotatable bonds is 4. The Kier molecular flexibility index (Phi) is 4.69. The molecule has 0 unspecified atom stereocenters. The van der Waals surface area contributed by atoms with Crippen LogP contribution in [-0.2, 0) is 0 Å². The van der Waals surface area contributed by atoms with E-state index in [4.69, 9.17) is 0 Å². The predicted molar refractivity (Wildman–Crippen MR) is 92.9 cm³/mol. The van der Waals surface area contributed by atoms with E-state index in [2.05, 4.69) is 0 Å². The topological polar surface area (TPSA) is 34.1 Å². The molecule has 0 N–H and O–H groups in total. The largest absolute Gasteiger partial charge is 0.289 e. The highest BCUT2D eigenvalue weighted by molar-refractivity contribution is 8.14. The van der Waals surface area contributed by atoms with E-state index in [-0.39, 0.29) is 10.9 Å². The summed E-state index contributed by atoms with van der Waals surface area (Å²) in [6.45, 7) is 0. The third-order valence-corrected chi connectivity index (χ3v) is 4.30. The molecule has 0 aliphatic carbocycles. The zero-order chi connectivity index (χ0) is 16.1. The number of ketones is 1. The zero-order valence-corrected chi connectivity index (χ0v) is 13.1. The van der Waals surface area contributed by atoms with Crippen LogP contribution in [0.15, 0.2) is 89.8 Å². The smallest absolute Gasteiger partial charge is 0.224 e. The molecule has 0 atom stereocenters. The maximum atomic E-state index is 12.3. The first-order valence-electron chi connectivity index (χ1n) is 7.21. The van der Waals surface area contributed by atoms with Crippen molar-refractivity contribution in [2.75, 3.05) is 0 Å². The van der Waals surface area contributed by atoms with Crippen LogP contribution in [0.25, 0.3) is 0 Å². The second-order valence-electron chi connectivity index (χ2n) is 4.98. The zero-order valence-electron chi connectivity index (χ0n) is 12.3. The van der Waals surface area contributed by atoms with E-state index in [0.717, 1.165) is 4.90 Å². The molecule has 0 heterocycles. The molecule has 3 rings (SSSR count). The van der Waals surface area contributed by atoms with Gasteiger partial charge in [0.2, 0.25) is 5.12 Å². The average molecular weight is 318 g/mol. The van der Waals surface area contributed by atoms with Gasteiger partial charge >= 0.3 is 0 Å². The van der Waals surface area contributed by atoms with Gasteiger partial charge in [0.15, 0.2) is 5.78 Å². The molecule has 23 heavy (non-hydrogen) atoms. The molecule has 0 fully saturated rings. The van der Waals surface area contributed by atoms with Crippen molar-refractivity contribution < 1.29 is 9.59 Å². The van der Waals surface area contributed by atoms with Crippen molar-refractivity contribution in [1.82, 2.24) is 0 Å². The predicted octanol–water partition coefficient (Wildman–Crippen LogP) is 4.85. The van der Waals surface area contributed by atoms with Crippen molar-refractivity contribution >= 4 is 22.7 Å². The summed E-state index contributed by atoms with van der Waals surface area (Å²) in [6.07, 6.45) is 0. The highest BCUT2D eigenvalue weighted by Gasteiger charge is 2.11. The maximum Gasteiger partial charge on any atom is 0.224 e. The van der Waals surface area contributed by atoms with E-state index in [1.54, 1.807) is 36.4 Å². The van der Waals surface area contributed by atoms with Gasteiger partial charge in [0.25, 0.3) is 0 Å². The average Bonchev–Trinajstić information content (AvgIpc) is 2.63. The van der Waals surface area contributed by atoms with Crippen LogP contribution in [0.5, 0.6) is 0 Å². The highest BCUT2D eigenvalue weighted by Crippen LogP contribution is 2.23. The molecule has 0 saturated heterocycles. The van der Waals surface area contributed by atoms with Gasteiger partial charge in [-0.3, -0.25) is 9.59 Å². The van der Waals surface area contributed by atoms with Gasteiger partial charge in [-0.05, 0) is 36.0 Å². The Hall–Kier alpha value is -2.65. The van der Waals surface area contributed by atoms with E-state index in [1.165, 1.54) is 11.8 Å². The van der Waals surface area contributed by atoms with Gasteiger partial charge in [0.1, 0.15) is 0 Å². The second-order valence-corrected chi connectivity index (χ2v) is 6.02. The Morgan fingerprint density at radius 1 is 0.565 bits per heavy atom. The first-order chi connectivity index (χ1) is 11.2. The quantitative estimate of drug-likeness (QED) is 0.509. The first-order valence-corrected chi connectivity index (χ1v) is 8.03. The standard InChI is InChI=1S/C20H14O2S/c21-19(15-7-3-1-4-8-15)16-11-13-17(14-12-16)20(22)23-18-9-5-2-6-10-18/h1-14H. The lowest BCUT2D eigenvalue weighted by atomic mass is 10.0. The number of carbonyl (C=O) groups excluding carboxylic acids is 2. The summed E-state index contributed by atoms with van der Waals surface area (Å²) >= 11 is 1.18. The molecule has 3 heteroatoms. The monoisotopic (exact) mass is 318 g/mol. The van der Waals surface area contributed by atoms with E-state index >= 15 is 0 Å². The van der Waals surface area contributed by atoms with Crippen LogP contribution in [0, 0.1) is 0 Å². The lowest BCUT2D eigenvalue weighted by Crippen LogP contribution is -2.02. The van der Waals surface area contributed by atoms with Crippen molar-refractivity contribution in [2.24, 2.45) is 0 Å². The molecule has 0 amide bonds. The highest BCUT2D eigenvalue weighted by atomic mass is 32.2. The summed E-state index contributed by atoms with van der Waals surface area (Å²) < 4.78 is 0. The SMILES string of the molecule is O=C(Sc1ccccc1)c1ccc(C(=O)c2ccccc2)cc1. The Morgan fingerprint density at radius 3 is 1.65 bits per heavy atom. The summed E-state index contributed by atoms with van der Waals surface area (Å²) in [5, 5.41) is -0.0325. The Balaban J connectivity index is 1.74. The van der Waals surface area contributed by atoms with Crippen molar-refractivity contribution in [3.05, 3.63) is 102 Å². The molecule has 0 radical (unpaired) electrons. The molecule has 112 valence electrons. The van der Waals surface area contributed by atoms with Gasteiger partial charge in [0.05, 0.1) is 0 Å². The van der Waals surface area contributed by atoms with E-state index in [0.29, 0.717) is 16.7 Å². The maximum absolute atomic E-state index is 12.3. The van der Waals surface area contributed by atoms with Gasteiger partial charge < -0.3 is 0 Å². The van der Waals surface area contributed by atoms with E-state index < -0.39 is 0 Å². The van der Waals surface area contributed by atoms with Crippen molar-refractivity contribution in [3.8, 4) is 0 Å². The van der Waals surface area contributed by atoms with Gasteiger partial charge in [-0.25, -0.2) is 0 Å². The number of thioether (sulfide) groups is 1. The van der Waals surface area contributed by atoms with Crippen molar-refractivity contribution in [2.45, 2.75) is 4.90 Å². The Morgan fingerprint density at radius 2 is 1.04 bits per heavy atom. The lowest BCUT2D eigenvalue weighted by Gasteiger charge is -2.04. The van der Waals surface area contributed by atoms with E-state index in [1.807, 2.05) is 48.5 Å². The molecule has 0 aromatic heterocycles. The van der Waals surface area contributed by atoms with Crippen LogP contribution in [0.4, 0.5) is 0 Å². The van der Waals surface area contributed by atoms with E-state index in [9.17, 15) is 9.59 Å². The summed E-state index contributed by atoms with van der Waals surface area (Å²) in [6, 6.07) is 25.4. The molecule has 0 aliphatic rings. The normalized spacial score (nSPS) is 10.3. The van der Waals surface area contributed by atoms with Crippen LogP contribution in [-0.4, -0.2) is 10.9 Å².